The van der Waals surface area contributed by atoms with E-state index in [0.29, 0.717) is 0 Å². The molecule has 7 heteroatoms. The maximum absolute atomic E-state index is 12.2. The summed E-state index contributed by atoms with van der Waals surface area (Å²) in [6.45, 7) is 4.04. The zero-order valence-electron chi connectivity index (χ0n) is 12.8. The van der Waals surface area contributed by atoms with Crippen molar-refractivity contribution >= 4 is 16.9 Å². The number of hydrogen-bond acceptors (Lipinski definition) is 4. The molecule has 3 aromatic rings. The molecule has 3 aromatic heterocycles. The van der Waals surface area contributed by atoms with Crippen molar-refractivity contribution in [1.82, 2.24) is 29.9 Å². The highest BCUT2D eigenvalue weighted by atomic mass is 16.2. The van der Waals surface area contributed by atoms with Crippen LogP contribution in [0.1, 0.15) is 24.2 Å². The van der Waals surface area contributed by atoms with Gasteiger partial charge in [0, 0.05) is 19.4 Å². The van der Waals surface area contributed by atoms with Crippen LogP contribution in [0.25, 0.3) is 11.0 Å². The zero-order chi connectivity index (χ0) is 15.7. The van der Waals surface area contributed by atoms with Crippen LogP contribution in [-0.4, -0.2) is 30.5 Å². The van der Waals surface area contributed by atoms with E-state index >= 15 is 0 Å². The zero-order valence-corrected chi connectivity index (χ0v) is 12.8. The molecule has 3 heterocycles. The fourth-order valence-electron chi connectivity index (χ4n) is 2.48. The van der Waals surface area contributed by atoms with Gasteiger partial charge in [0.2, 0.25) is 5.91 Å². The SMILES string of the molecule is Cc1nn(C)c2cn(CC(=O)N[C@@H](C)c3ccncc3)nc12. The van der Waals surface area contributed by atoms with Gasteiger partial charge < -0.3 is 5.32 Å². The minimum atomic E-state index is -0.0808. The van der Waals surface area contributed by atoms with Gasteiger partial charge in [0.05, 0.1) is 17.9 Å². The van der Waals surface area contributed by atoms with Crippen LogP contribution in [0.4, 0.5) is 0 Å². The molecule has 114 valence electrons. The largest absolute Gasteiger partial charge is 0.348 e. The highest BCUT2D eigenvalue weighted by Crippen LogP contribution is 2.15. The monoisotopic (exact) mass is 298 g/mol. The van der Waals surface area contributed by atoms with Crippen LogP contribution in [0.15, 0.2) is 30.7 Å². The average Bonchev–Trinajstić information content (AvgIpc) is 3.01. The summed E-state index contributed by atoms with van der Waals surface area (Å²) in [4.78, 5) is 16.1. The molecule has 0 aliphatic carbocycles. The summed E-state index contributed by atoms with van der Waals surface area (Å²) in [7, 11) is 1.87. The third-order valence-corrected chi connectivity index (χ3v) is 3.62. The number of hydrogen-bond donors (Lipinski definition) is 1. The van der Waals surface area contributed by atoms with Crippen LogP contribution in [0, 0.1) is 6.92 Å². The standard InChI is InChI=1S/C15H18N6O/c1-10(12-4-6-16-7-5-12)17-14(22)9-21-8-13-15(19-21)11(2)18-20(13)3/h4-8,10H,9H2,1-3H3,(H,17,22)/t10-/m0/s1. The predicted octanol–water partition coefficient (Wildman–Crippen LogP) is 1.35. The Morgan fingerprint density at radius 1 is 1.32 bits per heavy atom. The average molecular weight is 298 g/mol. The van der Waals surface area contributed by atoms with Gasteiger partial charge in [0.1, 0.15) is 17.6 Å². The number of carbonyl (C=O) groups is 1. The molecule has 0 aromatic carbocycles. The number of amides is 1. The molecule has 0 radical (unpaired) electrons. The van der Waals surface area contributed by atoms with Gasteiger partial charge in [0.25, 0.3) is 0 Å². The normalized spacial score (nSPS) is 12.5. The molecule has 0 bridgehead atoms. The van der Waals surface area contributed by atoms with Crippen LogP contribution in [-0.2, 0) is 18.4 Å². The lowest BCUT2D eigenvalue weighted by molar-refractivity contribution is -0.122. The van der Waals surface area contributed by atoms with E-state index in [1.165, 1.54) is 0 Å². The Morgan fingerprint density at radius 3 is 2.73 bits per heavy atom. The van der Waals surface area contributed by atoms with Crippen LogP contribution >= 0.6 is 0 Å². The molecule has 0 unspecified atom stereocenters. The second kappa shape index (κ2) is 5.59. The van der Waals surface area contributed by atoms with Gasteiger partial charge in [-0.3, -0.25) is 19.1 Å². The second-order valence-electron chi connectivity index (χ2n) is 5.34. The maximum atomic E-state index is 12.2. The first kappa shape index (κ1) is 14.2. The van der Waals surface area contributed by atoms with E-state index in [9.17, 15) is 4.79 Å². The lowest BCUT2D eigenvalue weighted by Gasteiger charge is -2.13. The second-order valence-corrected chi connectivity index (χ2v) is 5.34. The molecule has 1 N–H and O–H groups in total. The fraction of sp³-hybridized carbons (Fsp3) is 0.333. The lowest BCUT2D eigenvalue weighted by Crippen LogP contribution is -2.30. The van der Waals surface area contributed by atoms with Crippen LogP contribution in [0.5, 0.6) is 0 Å². The molecular weight excluding hydrogens is 280 g/mol. The molecule has 1 atom stereocenters. The molecule has 7 nitrogen and oxygen atoms in total. The molecule has 0 spiro atoms. The van der Waals surface area contributed by atoms with Gasteiger partial charge in [0.15, 0.2) is 0 Å². The third-order valence-electron chi connectivity index (χ3n) is 3.62. The first-order valence-electron chi connectivity index (χ1n) is 7.10. The summed E-state index contributed by atoms with van der Waals surface area (Å²) < 4.78 is 3.42. The first-order valence-corrected chi connectivity index (χ1v) is 7.10. The quantitative estimate of drug-likeness (QED) is 0.788. The lowest BCUT2D eigenvalue weighted by atomic mass is 10.1. The van der Waals surface area contributed by atoms with Gasteiger partial charge in [-0.1, -0.05) is 0 Å². The molecule has 0 saturated carbocycles. The summed E-state index contributed by atoms with van der Waals surface area (Å²) in [5.41, 5.74) is 3.64. The Bertz CT molecular complexity index is 770. The van der Waals surface area contributed by atoms with Gasteiger partial charge in [-0.2, -0.15) is 10.2 Å². The number of nitrogens with one attached hydrogen (secondary N) is 1. The van der Waals surface area contributed by atoms with Crippen LogP contribution in [0.2, 0.25) is 0 Å². The van der Waals surface area contributed by atoms with Crippen molar-refractivity contribution in [3.8, 4) is 0 Å². The summed E-state index contributed by atoms with van der Waals surface area (Å²) in [5.74, 6) is -0.0808. The highest BCUT2D eigenvalue weighted by Gasteiger charge is 2.13. The Morgan fingerprint density at radius 2 is 2.05 bits per heavy atom. The number of rotatable bonds is 4. The molecule has 1 amide bonds. The molecule has 0 fully saturated rings. The Kier molecular flexibility index (Phi) is 3.62. The minimum absolute atomic E-state index is 0.0659. The number of fused-ring (bicyclic) bond motifs is 1. The first-order chi connectivity index (χ1) is 10.5. The van der Waals surface area contributed by atoms with Crippen molar-refractivity contribution in [3.05, 3.63) is 42.0 Å². The van der Waals surface area contributed by atoms with Crippen molar-refractivity contribution in [3.63, 3.8) is 0 Å². The van der Waals surface area contributed by atoms with E-state index in [0.717, 1.165) is 22.3 Å². The number of aryl methyl sites for hydroxylation is 2. The Balaban J connectivity index is 1.69. The van der Waals surface area contributed by atoms with Crippen molar-refractivity contribution in [1.29, 1.82) is 0 Å². The maximum Gasteiger partial charge on any atom is 0.242 e. The number of nitrogens with zero attached hydrogens (tertiary/aromatic N) is 5. The van der Waals surface area contributed by atoms with Crippen molar-refractivity contribution in [2.45, 2.75) is 26.4 Å². The van der Waals surface area contributed by atoms with E-state index in [1.807, 2.05) is 39.2 Å². The van der Waals surface area contributed by atoms with Crippen LogP contribution < -0.4 is 5.32 Å². The van der Waals surface area contributed by atoms with E-state index in [2.05, 4.69) is 20.5 Å². The number of pyridine rings is 1. The van der Waals surface area contributed by atoms with Crippen molar-refractivity contribution in [2.75, 3.05) is 0 Å². The smallest absolute Gasteiger partial charge is 0.242 e. The van der Waals surface area contributed by atoms with Crippen molar-refractivity contribution < 1.29 is 4.79 Å². The highest BCUT2D eigenvalue weighted by molar-refractivity contribution is 5.79. The van der Waals surface area contributed by atoms with Gasteiger partial charge >= 0.3 is 0 Å². The summed E-state index contributed by atoms with van der Waals surface area (Å²) in [5, 5.41) is 11.7. The Hall–Kier alpha value is -2.70. The summed E-state index contributed by atoms with van der Waals surface area (Å²) in [6, 6.07) is 3.72. The van der Waals surface area contributed by atoms with E-state index in [4.69, 9.17) is 0 Å². The summed E-state index contributed by atoms with van der Waals surface area (Å²) >= 11 is 0. The van der Waals surface area contributed by atoms with Crippen molar-refractivity contribution in [2.24, 2.45) is 7.05 Å². The molecule has 0 aliphatic rings. The Labute approximate surface area is 128 Å². The fourth-order valence-corrected chi connectivity index (χ4v) is 2.48. The number of carbonyl (C=O) groups excluding carboxylic acids is 1. The van der Waals surface area contributed by atoms with Crippen LogP contribution in [0.3, 0.4) is 0 Å². The predicted molar refractivity (Wildman–Crippen MR) is 82.0 cm³/mol. The van der Waals surface area contributed by atoms with Gasteiger partial charge in [-0.15, -0.1) is 0 Å². The van der Waals surface area contributed by atoms with Gasteiger partial charge in [-0.25, -0.2) is 0 Å². The minimum Gasteiger partial charge on any atom is -0.348 e. The molecule has 0 saturated heterocycles. The topological polar surface area (TPSA) is 77.6 Å². The van der Waals surface area contributed by atoms with E-state index in [-0.39, 0.29) is 18.5 Å². The molecule has 0 aliphatic heterocycles. The third kappa shape index (κ3) is 2.69. The van der Waals surface area contributed by atoms with E-state index in [1.54, 1.807) is 21.8 Å². The van der Waals surface area contributed by atoms with E-state index < -0.39 is 0 Å². The molecule has 22 heavy (non-hydrogen) atoms. The summed E-state index contributed by atoms with van der Waals surface area (Å²) in [6.07, 6.45) is 5.27. The van der Waals surface area contributed by atoms with Gasteiger partial charge in [-0.05, 0) is 31.5 Å². The number of aromatic nitrogens is 5. The molecular formula is C15H18N6O. The molecule has 3 rings (SSSR count).